The lowest BCUT2D eigenvalue weighted by atomic mass is 10.1. The van der Waals surface area contributed by atoms with Gasteiger partial charge < -0.3 is 14.9 Å². The van der Waals surface area contributed by atoms with Crippen LogP contribution in [0, 0.1) is 0 Å². The molecular formula is C21H21N3O5. The molecular weight excluding hydrogens is 374 g/mol. The van der Waals surface area contributed by atoms with E-state index in [1.54, 1.807) is 18.2 Å². The van der Waals surface area contributed by atoms with Gasteiger partial charge in [0.2, 0.25) is 0 Å². The second kappa shape index (κ2) is 8.44. The number of aliphatic hydroxyl groups excluding tert-OH is 1. The van der Waals surface area contributed by atoms with Gasteiger partial charge in [-0.1, -0.05) is 12.1 Å². The minimum atomic E-state index is -0.0553. The highest BCUT2D eigenvalue weighted by Gasteiger charge is 2.12. The van der Waals surface area contributed by atoms with E-state index >= 15 is 0 Å². The third-order valence-electron chi connectivity index (χ3n) is 4.35. The number of aromatic hydroxyl groups is 1. The molecule has 0 aliphatic carbocycles. The molecule has 4 aromatic rings. The third kappa shape index (κ3) is 4.14. The number of hydrogen-bond acceptors (Lipinski definition) is 7. The molecule has 0 amide bonds. The van der Waals surface area contributed by atoms with Crippen LogP contribution in [0.25, 0.3) is 27.5 Å². The molecule has 4 rings (SSSR count). The SMILES string of the molecule is CCOOCc1ccc2nn(-c3cc4cc(OCCO)ccc4cc3O)nc2c1. The zero-order valence-electron chi connectivity index (χ0n) is 15.9. The summed E-state index contributed by atoms with van der Waals surface area (Å²) in [5, 5.41) is 30.1. The third-order valence-corrected chi connectivity index (χ3v) is 4.35. The second-order valence-electron chi connectivity index (χ2n) is 6.40. The fraction of sp³-hybridized carbons (Fsp3) is 0.238. The van der Waals surface area contributed by atoms with Crippen LogP contribution >= 0.6 is 0 Å². The Morgan fingerprint density at radius 2 is 1.79 bits per heavy atom. The van der Waals surface area contributed by atoms with Crippen molar-refractivity contribution in [3.63, 3.8) is 0 Å². The van der Waals surface area contributed by atoms with Crippen molar-refractivity contribution >= 4 is 21.8 Å². The summed E-state index contributed by atoms with van der Waals surface area (Å²) in [5.41, 5.74) is 2.75. The molecule has 0 spiro atoms. The summed E-state index contributed by atoms with van der Waals surface area (Å²) in [7, 11) is 0. The fourth-order valence-corrected chi connectivity index (χ4v) is 3.02. The van der Waals surface area contributed by atoms with Crippen molar-refractivity contribution in [1.29, 1.82) is 0 Å². The molecule has 0 radical (unpaired) electrons. The molecule has 0 saturated carbocycles. The Kier molecular flexibility index (Phi) is 5.57. The number of hydrogen-bond donors (Lipinski definition) is 2. The number of phenols is 1. The van der Waals surface area contributed by atoms with Crippen molar-refractivity contribution in [2.75, 3.05) is 19.8 Å². The van der Waals surface area contributed by atoms with Crippen molar-refractivity contribution in [3.05, 3.63) is 54.1 Å². The molecule has 0 bridgehead atoms. The van der Waals surface area contributed by atoms with E-state index in [0.29, 0.717) is 35.7 Å². The maximum absolute atomic E-state index is 10.5. The maximum Gasteiger partial charge on any atom is 0.143 e. The Hall–Kier alpha value is -3.20. The van der Waals surface area contributed by atoms with Crippen molar-refractivity contribution in [2.24, 2.45) is 0 Å². The predicted molar refractivity (Wildman–Crippen MR) is 107 cm³/mol. The standard InChI is InChI=1S/C21H21N3O5/c1-2-28-29-13-14-3-6-18-19(9-14)23-24(22-18)20-11-16-10-17(27-8-7-25)5-4-15(16)12-21(20)26/h3-6,9-12,25-26H,2,7-8,13H2,1H3. The summed E-state index contributed by atoms with van der Waals surface area (Å²) in [5.74, 6) is 0.711. The lowest BCUT2D eigenvalue weighted by Crippen LogP contribution is -2.01. The number of aromatic nitrogens is 3. The average Bonchev–Trinajstić information content (AvgIpc) is 3.15. The van der Waals surface area contributed by atoms with Gasteiger partial charge in [-0.15, -0.1) is 15.0 Å². The highest BCUT2D eigenvalue weighted by Crippen LogP contribution is 2.30. The molecule has 29 heavy (non-hydrogen) atoms. The average molecular weight is 395 g/mol. The van der Waals surface area contributed by atoms with Gasteiger partial charge >= 0.3 is 0 Å². The van der Waals surface area contributed by atoms with Crippen molar-refractivity contribution in [2.45, 2.75) is 13.5 Å². The van der Waals surface area contributed by atoms with Gasteiger partial charge in [-0.05, 0) is 59.7 Å². The molecule has 2 N–H and O–H groups in total. The van der Waals surface area contributed by atoms with Crippen LogP contribution in [0.15, 0.2) is 48.5 Å². The smallest absolute Gasteiger partial charge is 0.143 e. The molecule has 1 heterocycles. The maximum atomic E-state index is 10.5. The van der Waals surface area contributed by atoms with Gasteiger partial charge in [-0.3, -0.25) is 0 Å². The topological polar surface area (TPSA) is 98.9 Å². The Morgan fingerprint density at radius 1 is 0.931 bits per heavy atom. The summed E-state index contributed by atoms with van der Waals surface area (Å²) in [6.45, 7) is 2.81. The summed E-state index contributed by atoms with van der Waals surface area (Å²) in [4.78, 5) is 11.4. The number of rotatable bonds is 8. The minimum absolute atomic E-state index is 0.0553. The quantitative estimate of drug-likeness (QED) is 0.269. The van der Waals surface area contributed by atoms with Gasteiger partial charge in [0.25, 0.3) is 0 Å². The molecule has 8 heteroatoms. The summed E-state index contributed by atoms with van der Waals surface area (Å²) < 4.78 is 5.47. The van der Waals surface area contributed by atoms with E-state index in [-0.39, 0.29) is 19.0 Å². The van der Waals surface area contributed by atoms with E-state index in [9.17, 15) is 5.11 Å². The highest BCUT2D eigenvalue weighted by atomic mass is 17.2. The largest absolute Gasteiger partial charge is 0.506 e. The van der Waals surface area contributed by atoms with Crippen LogP contribution < -0.4 is 4.74 Å². The molecule has 0 aliphatic heterocycles. The van der Waals surface area contributed by atoms with Crippen LogP contribution in [0.3, 0.4) is 0 Å². The second-order valence-corrected chi connectivity index (χ2v) is 6.40. The van der Waals surface area contributed by atoms with Crippen molar-refractivity contribution < 1.29 is 24.7 Å². The van der Waals surface area contributed by atoms with E-state index in [2.05, 4.69) is 10.2 Å². The molecule has 0 atom stereocenters. The molecule has 8 nitrogen and oxygen atoms in total. The van der Waals surface area contributed by atoms with E-state index < -0.39 is 0 Å². The Morgan fingerprint density at radius 3 is 2.62 bits per heavy atom. The molecule has 0 unspecified atom stereocenters. The van der Waals surface area contributed by atoms with Crippen molar-refractivity contribution in [1.82, 2.24) is 15.0 Å². The number of phenolic OH excluding ortho intramolecular Hbond substituents is 1. The highest BCUT2D eigenvalue weighted by molar-refractivity contribution is 5.88. The first kappa shape index (κ1) is 19.1. The van der Waals surface area contributed by atoms with Crippen LogP contribution in [-0.2, 0) is 16.4 Å². The van der Waals surface area contributed by atoms with Gasteiger partial charge in [-0.2, -0.15) is 0 Å². The first-order valence-electron chi connectivity index (χ1n) is 9.29. The lowest BCUT2D eigenvalue weighted by molar-refractivity contribution is -0.300. The van der Waals surface area contributed by atoms with E-state index in [0.717, 1.165) is 16.3 Å². The summed E-state index contributed by atoms with van der Waals surface area (Å²) >= 11 is 0. The van der Waals surface area contributed by atoms with Gasteiger partial charge in [0.1, 0.15) is 41.4 Å². The van der Waals surface area contributed by atoms with Crippen LogP contribution in [0.1, 0.15) is 12.5 Å². The Bertz CT molecular complexity index is 1140. The van der Waals surface area contributed by atoms with Crippen LogP contribution in [0.5, 0.6) is 11.5 Å². The first-order valence-corrected chi connectivity index (χ1v) is 9.29. The monoisotopic (exact) mass is 395 g/mol. The van der Waals surface area contributed by atoms with Crippen LogP contribution in [-0.4, -0.2) is 45.0 Å². The summed E-state index contributed by atoms with van der Waals surface area (Å²) in [6.07, 6.45) is 0. The number of nitrogens with zero attached hydrogens (tertiary/aromatic N) is 3. The molecule has 150 valence electrons. The Balaban J connectivity index is 1.68. The Labute approximate surface area is 166 Å². The lowest BCUT2D eigenvalue weighted by Gasteiger charge is -2.08. The minimum Gasteiger partial charge on any atom is -0.506 e. The first-order chi connectivity index (χ1) is 14.2. The zero-order chi connectivity index (χ0) is 20.2. The number of ether oxygens (including phenoxy) is 1. The molecule has 0 saturated heterocycles. The predicted octanol–water partition coefficient (Wildman–Crippen LogP) is 3.12. The normalized spacial score (nSPS) is 11.4. The molecule has 0 fully saturated rings. The van der Waals surface area contributed by atoms with E-state index in [1.807, 2.05) is 37.3 Å². The van der Waals surface area contributed by atoms with Crippen LogP contribution in [0.2, 0.25) is 0 Å². The van der Waals surface area contributed by atoms with Gasteiger partial charge in [-0.25, -0.2) is 9.78 Å². The zero-order valence-corrected chi connectivity index (χ0v) is 15.9. The van der Waals surface area contributed by atoms with Gasteiger partial charge in [0, 0.05) is 0 Å². The molecule has 3 aromatic carbocycles. The van der Waals surface area contributed by atoms with E-state index in [4.69, 9.17) is 19.6 Å². The van der Waals surface area contributed by atoms with Gasteiger partial charge in [0.05, 0.1) is 13.2 Å². The number of benzene rings is 3. The summed E-state index contributed by atoms with van der Waals surface area (Å²) in [6, 6.07) is 14.6. The fourth-order valence-electron chi connectivity index (χ4n) is 3.02. The number of fused-ring (bicyclic) bond motifs is 2. The van der Waals surface area contributed by atoms with Gasteiger partial charge in [0.15, 0.2) is 0 Å². The van der Waals surface area contributed by atoms with Crippen molar-refractivity contribution in [3.8, 4) is 17.2 Å². The van der Waals surface area contributed by atoms with Crippen LogP contribution in [0.4, 0.5) is 0 Å². The molecule has 0 aliphatic rings. The molecule has 1 aromatic heterocycles. The van der Waals surface area contributed by atoms with E-state index in [1.165, 1.54) is 4.80 Å². The number of aliphatic hydroxyl groups is 1.